The van der Waals surface area contributed by atoms with Crippen LogP contribution in [0.25, 0.3) is 0 Å². The largest absolute Gasteiger partial charge is 0.341 e. The number of aryl methyl sites for hydroxylation is 1. The van der Waals surface area contributed by atoms with Crippen molar-refractivity contribution in [3.05, 3.63) is 28.8 Å². The van der Waals surface area contributed by atoms with Crippen molar-refractivity contribution in [3.8, 4) is 0 Å². The Morgan fingerprint density at radius 2 is 1.48 bits per heavy atom. The van der Waals surface area contributed by atoms with Crippen LogP contribution < -0.4 is 5.32 Å². The molecule has 0 radical (unpaired) electrons. The van der Waals surface area contributed by atoms with Gasteiger partial charge in [0, 0.05) is 36.4 Å². The van der Waals surface area contributed by atoms with E-state index in [0.29, 0.717) is 10.7 Å². The summed E-state index contributed by atoms with van der Waals surface area (Å²) >= 11 is 6.26. The molecular weight excluding hydrogens is 446 g/mol. The number of carbonyl (C=O) groups excluding carboxylic acids is 1. The van der Waals surface area contributed by atoms with Crippen LogP contribution in [0.2, 0.25) is 5.02 Å². The predicted molar refractivity (Wildman–Crippen MR) is 121 cm³/mol. The van der Waals surface area contributed by atoms with E-state index in [1.807, 2.05) is 19.1 Å². The Hall–Kier alpha value is -1.22. The van der Waals surface area contributed by atoms with E-state index in [1.165, 1.54) is 12.8 Å². The van der Waals surface area contributed by atoms with Crippen molar-refractivity contribution >= 4 is 23.2 Å². The second-order valence-electron chi connectivity index (χ2n) is 10.2. The average molecular weight is 478 g/mol. The minimum Gasteiger partial charge on any atom is -0.341 e. The number of rotatable bonds is 2. The third kappa shape index (κ3) is 4.01. The fourth-order valence-corrected chi connectivity index (χ4v) is 6.23. The molecule has 1 amide bonds. The molecule has 3 heterocycles. The van der Waals surface area contributed by atoms with E-state index in [2.05, 4.69) is 5.32 Å². The van der Waals surface area contributed by atoms with Gasteiger partial charge in [-0.05, 0) is 50.3 Å². The molecule has 1 N–H and O–H groups in total. The molecule has 2 saturated carbocycles. The van der Waals surface area contributed by atoms with E-state index < -0.39 is 42.3 Å². The summed E-state index contributed by atoms with van der Waals surface area (Å²) in [6.07, 6.45) is 7.05. The quantitative estimate of drug-likeness (QED) is 0.657. The van der Waals surface area contributed by atoms with E-state index in [1.54, 1.807) is 6.07 Å². The lowest BCUT2D eigenvalue weighted by molar-refractivity contribution is -0.246. The minimum atomic E-state index is -0.861. The highest BCUT2D eigenvalue weighted by Crippen LogP contribution is 2.51. The number of halogens is 1. The molecule has 0 aromatic heterocycles. The summed E-state index contributed by atoms with van der Waals surface area (Å²) < 4.78 is 32.3. The number of benzene rings is 1. The maximum absolute atomic E-state index is 13.4. The number of hydrogen-bond donors (Lipinski definition) is 1. The molecule has 0 unspecified atom stereocenters. The van der Waals surface area contributed by atoms with E-state index in [4.69, 9.17) is 35.3 Å². The van der Waals surface area contributed by atoms with Crippen molar-refractivity contribution in [2.24, 2.45) is 0 Å². The maximum Gasteiger partial charge on any atom is 0.256 e. The molecule has 5 fully saturated rings. The molecular formula is C25H32ClNO6. The molecule has 3 saturated heterocycles. The SMILES string of the molecule is Cc1ccc(NC(=O)[C@@H]2O[C@@H]3OC4(CCCCC4)O[C@@H]3[C@H]3OC4(CCCCC4)O[C@@H]32)cc1Cl. The van der Waals surface area contributed by atoms with Gasteiger partial charge >= 0.3 is 0 Å². The summed E-state index contributed by atoms with van der Waals surface area (Å²) in [6, 6.07) is 5.47. The van der Waals surface area contributed by atoms with E-state index >= 15 is 0 Å². The summed E-state index contributed by atoms with van der Waals surface area (Å²) in [5, 5.41) is 3.55. The maximum atomic E-state index is 13.4. The van der Waals surface area contributed by atoms with E-state index in [9.17, 15) is 4.79 Å². The first kappa shape index (κ1) is 22.3. The smallest absolute Gasteiger partial charge is 0.256 e. The first-order valence-electron chi connectivity index (χ1n) is 12.4. The minimum absolute atomic E-state index is 0.284. The number of nitrogens with one attached hydrogen (secondary N) is 1. The summed E-state index contributed by atoms with van der Waals surface area (Å²) in [6.45, 7) is 1.93. The molecule has 5 aliphatic rings. The Morgan fingerprint density at radius 1 is 0.879 bits per heavy atom. The lowest BCUT2D eigenvalue weighted by Crippen LogP contribution is -2.58. The van der Waals surface area contributed by atoms with E-state index in [0.717, 1.165) is 56.9 Å². The number of amides is 1. The topological polar surface area (TPSA) is 75.3 Å². The van der Waals surface area contributed by atoms with Crippen LogP contribution in [-0.4, -0.2) is 48.2 Å². The van der Waals surface area contributed by atoms with Crippen LogP contribution in [0.1, 0.15) is 69.8 Å². The van der Waals surface area contributed by atoms with Crippen molar-refractivity contribution in [1.29, 1.82) is 0 Å². The molecule has 1 aromatic rings. The fourth-order valence-electron chi connectivity index (χ4n) is 6.05. The number of fused-ring (bicyclic) bond motifs is 3. The first-order valence-corrected chi connectivity index (χ1v) is 12.8. The Kier molecular flexibility index (Phi) is 5.71. The van der Waals surface area contributed by atoms with Crippen molar-refractivity contribution in [2.45, 2.75) is 113 Å². The second kappa shape index (κ2) is 8.47. The molecule has 6 rings (SSSR count). The standard InChI is InChI=1S/C25H32ClNO6/c1-15-8-9-16(14-17(15)26)27-22(28)20-18-19(31-24(30-18)10-4-2-5-11-24)21-23(29-20)33-25(32-21)12-6-3-7-13-25/h8-9,14,18-21,23H,2-7,10-13H2,1H3,(H,27,28)/t18-,19-,20+,21+,23+/m0/s1. The Labute approximate surface area is 199 Å². The van der Waals surface area contributed by atoms with Crippen LogP contribution in [0.3, 0.4) is 0 Å². The van der Waals surface area contributed by atoms with Gasteiger partial charge in [0.2, 0.25) is 0 Å². The molecule has 8 heteroatoms. The highest BCUT2D eigenvalue weighted by molar-refractivity contribution is 6.31. The average Bonchev–Trinajstić information content (AvgIpc) is 3.34. The van der Waals surface area contributed by atoms with Crippen molar-refractivity contribution in [1.82, 2.24) is 0 Å². The van der Waals surface area contributed by atoms with E-state index in [-0.39, 0.29) is 5.91 Å². The molecule has 180 valence electrons. The van der Waals surface area contributed by atoms with Crippen LogP contribution in [0, 0.1) is 6.92 Å². The van der Waals surface area contributed by atoms with Crippen LogP contribution >= 0.6 is 11.6 Å². The summed E-state index contributed by atoms with van der Waals surface area (Å²) in [7, 11) is 0. The third-order valence-corrected chi connectivity index (χ3v) is 8.21. The fraction of sp³-hybridized carbons (Fsp3) is 0.720. The normalized spacial score (nSPS) is 36.5. The van der Waals surface area contributed by atoms with Crippen LogP contribution in [-0.2, 0) is 28.5 Å². The van der Waals surface area contributed by atoms with Gasteiger partial charge < -0.3 is 29.0 Å². The lowest BCUT2D eigenvalue weighted by Gasteiger charge is -2.36. The lowest BCUT2D eigenvalue weighted by atomic mass is 9.94. The molecule has 33 heavy (non-hydrogen) atoms. The molecule has 7 nitrogen and oxygen atoms in total. The summed E-state index contributed by atoms with van der Waals surface area (Å²) in [4.78, 5) is 13.4. The van der Waals surface area contributed by atoms with Crippen LogP contribution in [0.5, 0.6) is 0 Å². The molecule has 1 aromatic carbocycles. The van der Waals surface area contributed by atoms with Gasteiger partial charge in [0.1, 0.15) is 18.3 Å². The highest BCUT2D eigenvalue weighted by atomic mass is 35.5. The number of hydrogen-bond acceptors (Lipinski definition) is 6. The van der Waals surface area contributed by atoms with Crippen LogP contribution in [0.15, 0.2) is 18.2 Å². The molecule has 2 spiro atoms. The zero-order chi connectivity index (χ0) is 22.6. The van der Waals surface area contributed by atoms with Crippen molar-refractivity contribution in [3.63, 3.8) is 0 Å². The van der Waals surface area contributed by atoms with Gasteiger partial charge in [-0.2, -0.15) is 0 Å². The van der Waals surface area contributed by atoms with Gasteiger partial charge in [0.15, 0.2) is 24.0 Å². The molecule has 5 atom stereocenters. The molecule has 2 aliphatic carbocycles. The Bertz CT molecular complexity index is 912. The van der Waals surface area contributed by atoms with Gasteiger partial charge in [-0.1, -0.05) is 30.5 Å². The predicted octanol–water partition coefficient (Wildman–Crippen LogP) is 4.83. The van der Waals surface area contributed by atoms with Crippen LogP contribution in [0.4, 0.5) is 5.69 Å². The first-order chi connectivity index (χ1) is 16.0. The summed E-state index contributed by atoms with van der Waals surface area (Å²) in [5.74, 6) is -1.59. The van der Waals surface area contributed by atoms with Crippen molar-refractivity contribution < 1.29 is 28.5 Å². The monoisotopic (exact) mass is 477 g/mol. The Morgan fingerprint density at radius 3 is 2.15 bits per heavy atom. The van der Waals surface area contributed by atoms with Gasteiger partial charge in [-0.25, -0.2) is 0 Å². The summed E-state index contributed by atoms with van der Waals surface area (Å²) in [5.41, 5.74) is 1.57. The molecule has 0 bridgehead atoms. The Balaban J connectivity index is 1.27. The van der Waals surface area contributed by atoms with Crippen molar-refractivity contribution in [2.75, 3.05) is 5.32 Å². The zero-order valence-electron chi connectivity index (χ0n) is 19.0. The van der Waals surface area contributed by atoms with Gasteiger partial charge in [-0.15, -0.1) is 0 Å². The zero-order valence-corrected chi connectivity index (χ0v) is 19.8. The van der Waals surface area contributed by atoms with Gasteiger partial charge in [-0.3, -0.25) is 4.79 Å². The van der Waals surface area contributed by atoms with Gasteiger partial charge in [0.05, 0.1) is 0 Å². The second-order valence-corrected chi connectivity index (χ2v) is 10.6. The number of carbonyl (C=O) groups is 1. The molecule has 3 aliphatic heterocycles. The highest BCUT2D eigenvalue weighted by Gasteiger charge is 2.65. The third-order valence-electron chi connectivity index (χ3n) is 7.81. The number of ether oxygens (including phenoxy) is 5. The number of anilines is 1. The van der Waals surface area contributed by atoms with Gasteiger partial charge in [0.25, 0.3) is 5.91 Å².